The number of nitrogens with one attached hydrogen (secondary N) is 2. The molecule has 1 heterocycles. The number of quaternary nitrogens is 1. The van der Waals surface area contributed by atoms with Gasteiger partial charge in [-0.25, -0.2) is 9.18 Å². The van der Waals surface area contributed by atoms with Crippen LogP contribution in [-0.4, -0.2) is 37.1 Å². The number of carbonyl (C=O) groups excluding carboxylic acids is 1. The highest BCUT2D eigenvalue weighted by Crippen LogP contribution is 2.41. The van der Waals surface area contributed by atoms with E-state index in [1.54, 1.807) is 12.1 Å². The Morgan fingerprint density at radius 3 is 2.00 bits per heavy atom. The summed E-state index contributed by atoms with van der Waals surface area (Å²) in [5, 5.41) is 2.87. The SMILES string of the molecule is O=C(Nc1ccc(F)cc1)N1CC[NH+](C2c3ccccc3-c3ccccc32)CC1. The van der Waals surface area contributed by atoms with E-state index in [4.69, 9.17) is 0 Å². The average molecular weight is 388 g/mol. The first-order chi connectivity index (χ1) is 14.2. The van der Waals surface area contributed by atoms with Gasteiger partial charge in [0.15, 0.2) is 0 Å². The third-order valence-corrected chi connectivity index (χ3v) is 6.03. The molecule has 0 atom stereocenters. The highest BCUT2D eigenvalue weighted by atomic mass is 19.1. The molecule has 1 fully saturated rings. The van der Waals surface area contributed by atoms with Crippen molar-refractivity contribution in [2.45, 2.75) is 6.04 Å². The van der Waals surface area contributed by atoms with Gasteiger partial charge in [0.1, 0.15) is 11.9 Å². The monoisotopic (exact) mass is 388 g/mol. The Kier molecular flexibility index (Phi) is 4.52. The topological polar surface area (TPSA) is 36.8 Å². The van der Waals surface area contributed by atoms with Crippen molar-refractivity contribution in [2.75, 3.05) is 31.5 Å². The number of fused-ring (bicyclic) bond motifs is 3. The van der Waals surface area contributed by atoms with Gasteiger partial charge in [0.05, 0.1) is 26.2 Å². The second-order valence-electron chi connectivity index (χ2n) is 7.69. The summed E-state index contributed by atoms with van der Waals surface area (Å²) in [6, 6.07) is 23.4. The van der Waals surface area contributed by atoms with Crippen molar-refractivity contribution in [1.29, 1.82) is 0 Å². The molecule has 4 nitrogen and oxygen atoms in total. The minimum Gasteiger partial charge on any atom is -0.322 e. The zero-order valence-corrected chi connectivity index (χ0v) is 16.1. The zero-order chi connectivity index (χ0) is 19.8. The fraction of sp³-hybridized carbons (Fsp3) is 0.208. The Hall–Kier alpha value is -3.18. The van der Waals surface area contributed by atoms with E-state index < -0.39 is 0 Å². The molecule has 2 aliphatic rings. The average Bonchev–Trinajstić information content (AvgIpc) is 3.10. The van der Waals surface area contributed by atoms with Gasteiger partial charge < -0.3 is 15.1 Å². The number of amides is 2. The lowest BCUT2D eigenvalue weighted by molar-refractivity contribution is -0.928. The van der Waals surface area contributed by atoms with Gasteiger partial charge in [-0.3, -0.25) is 0 Å². The van der Waals surface area contributed by atoms with Gasteiger partial charge in [-0.15, -0.1) is 0 Å². The first kappa shape index (κ1) is 17.9. The summed E-state index contributed by atoms with van der Waals surface area (Å²) in [7, 11) is 0. The van der Waals surface area contributed by atoms with E-state index >= 15 is 0 Å². The lowest BCUT2D eigenvalue weighted by Gasteiger charge is -2.36. The van der Waals surface area contributed by atoms with Crippen LogP contribution in [0.25, 0.3) is 11.1 Å². The highest BCUT2D eigenvalue weighted by molar-refractivity contribution is 5.89. The smallest absolute Gasteiger partial charge is 0.322 e. The molecule has 146 valence electrons. The van der Waals surface area contributed by atoms with Crippen LogP contribution >= 0.6 is 0 Å². The van der Waals surface area contributed by atoms with Crippen LogP contribution in [0.1, 0.15) is 17.2 Å². The van der Waals surface area contributed by atoms with Crippen molar-refractivity contribution in [2.24, 2.45) is 0 Å². The largest absolute Gasteiger partial charge is 0.322 e. The molecule has 5 heteroatoms. The lowest BCUT2D eigenvalue weighted by Crippen LogP contribution is -3.15. The van der Waals surface area contributed by atoms with Crippen molar-refractivity contribution in [3.8, 4) is 11.1 Å². The van der Waals surface area contributed by atoms with E-state index in [-0.39, 0.29) is 11.8 Å². The summed E-state index contributed by atoms with van der Waals surface area (Å²) in [6.45, 7) is 3.18. The van der Waals surface area contributed by atoms with Gasteiger partial charge >= 0.3 is 6.03 Å². The standard InChI is InChI=1S/C24H22FN3O/c25-17-9-11-18(12-10-17)26-24(29)28-15-13-27(14-16-28)23-21-7-3-1-5-19(21)20-6-2-4-8-22(20)23/h1-12,23H,13-16H2,(H,26,29)/p+1. The van der Waals surface area contributed by atoms with E-state index in [1.807, 2.05) is 4.90 Å². The highest BCUT2D eigenvalue weighted by Gasteiger charge is 2.38. The molecule has 1 aliphatic heterocycles. The number of hydrogen-bond donors (Lipinski definition) is 2. The van der Waals surface area contributed by atoms with Gasteiger partial charge in [-0.05, 0) is 35.4 Å². The maximum absolute atomic E-state index is 13.1. The molecule has 2 N–H and O–H groups in total. The van der Waals surface area contributed by atoms with Crippen molar-refractivity contribution in [3.05, 3.63) is 89.7 Å². The molecule has 0 aromatic heterocycles. The predicted octanol–water partition coefficient (Wildman–Crippen LogP) is 3.33. The quantitative estimate of drug-likeness (QED) is 0.694. The van der Waals surface area contributed by atoms with Crippen LogP contribution in [0.15, 0.2) is 72.8 Å². The Morgan fingerprint density at radius 1 is 0.862 bits per heavy atom. The van der Waals surface area contributed by atoms with Crippen LogP contribution in [0.4, 0.5) is 14.9 Å². The Bertz CT molecular complexity index is 997. The van der Waals surface area contributed by atoms with Crippen LogP contribution in [0.2, 0.25) is 0 Å². The molecule has 0 spiro atoms. The zero-order valence-electron chi connectivity index (χ0n) is 16.1. The molecule has 0 radical (unpaired) electrons. The molecule has 0 saturated carbocycles. The molecule has 0 unspecified atom stereocenters. The number of hydrogen-bond acceptors (Lipinski definition) is 1. The van der Waals surface area contributed by atoms with Crippen molar-refractivity contribution < 1.29 is 14.1 Å². The fourth-order valence-electron chi connectivity index (χ4n) is 4.62. The minimum absolute atomic E-state index is 0.122. The van der Waals surface area contributed by atoms with E-state index in [0.29, 0.717) is 24.8 Å². The number of nitrogens with zero attached hydrogens (tertiary/aromatic N) is 1. The maximum Gasteiger partial charge on any atom is 0.322 e. The van der Waals surface area contributed by atoms with Crippen LogP contribution in [-0.2, 0) is 0 Å². The fourth-order valence-corrected chi connectivity index (χ4v) is 4.62. The number of halogens is 1. The molecule has 1 aliphatic carbocycles. The molecule has 5 rings (SSSR count). The molecule has 3 aromatic rings. The molecular weight excluding hydrogens is 365 g/mol. The molecule has 2 amide bonds. The number of piperazine rings is 1. The molecule has 0 bridgehead atoms. The summed E-state index contributed by atoms with van der Waals surface area (Å²) in [4.78, 5) is 15.9. The maximum atomic E-state index is 13.1. The summed E-state index contributed by atoms with van der Waals surface area (Å²) in [6.07, 6.45) is 0. The van der Waals surface area contributed by atoms with Crippen molar-refractivity contribution >= 4 is 11.7 Å². The molecular formula is C24H23FN3O+. The van der Waals surface area contributed by atoms with E-state index in [9.17, 15) is 9.18 Å². The van der Waals surface area contributed by atoms with E-state index in [1.165, 1.54) is 39.3 Å². The number of carbonyl (C=O) groups is 1. The number of benzene rings is 3. The van der Waals surface area contributed by atoms with Crippen molar-refractivity contribution in [3.63, 3.8) is 0 Å². The van der Waals surface area contributed by atoms with Gasteiger partial charge in [0.2, 0.25) is 0 Å². The minimum atomic E-state index is -0.308. The van der Waals surface area contributed by atoms with Crippen LogP contribution in [0, 0.1) is 5.82 Å². The summed E-state index contributed by atoms with van der Waals surface area (Å²) in [5.41, 5.74) is 6.04. The number of anilines is 1. The van der Waals surface area contributed by atoms with Gasteiger partial charge in [0, 0.05) is 16.8 Å². The van der Waals surface area contributed by atoms with E-state index in [0.717, 1.165) is 13.1 Å². The van der Waals surface area contributed by atoms with Gasteiger partial charge in [0.25, 0.3) is 0 Å². The predicted molar refractivity (Wildman–Crippen MR) is 111 cm³/mol. The normalized spacial score (nSPS) is 16.4. The first-order valence-corrected chi connectivity index (χ1v) is 10.0. The first-order valence-electron chi connectivity index (χ1n) is 10.0. The Labute approximate surface area is 169 Å². The summed E-state index contributed by atoms with van der Waals surface area (Å²) >= 11 is 0. The molecule has 3 aromatic carbocycles. The number of urea groups is 1. The number of rotatable bonds is 2. The van der Waals surface area contributed by atoms with Crippen molar-refractivity contribution in [1.82, 2.24) is 4.90 Å². The molecule has 1 saturated heterocycles. The second kappa shape index (κ2) is 7.33. The Morgan fingerprint density at radius 2 is 1.41 bits per heavy atom. The molecule has 29 heavy (non-hydrogen) atoms. The van der Waals surface area contributed by atoms with Gasteiger partial charge in [-0.2, -0.15) is 0 Å². The van der Waals surface area contributed by atoms with Crippen LogP contribution in [0.3, 0.4) is 0 Å². The Balaban J connectivity index is 1.30. The summed E-state index contributed by atoms with van der Waals surface area (Å²) in [5.74, 6) is -0.308. The third kappa shape index (κ3) is 3.28. The van der Waals surface area contributed by atoms with Crippen LogP contribution < -0.4 is 10.2 Å². The van der Waals surface area contributed by atoms with Crippen LogP contribution in [0.5, 0.6) is 0 Å². The summed E-state index contributed by atoms with van der Waals surface area (Å²) < 4.78 is 13.1. The second-order valence-corrected chi connectivity index (χ2v) is 7.69. The van der Waals surface area contributed by atoms with Gasteiger partial charge in [-0.1, -0.05) is 48.5 Å². The third-order valence-electron chi connectivity index (χ3n) is 6.03. The van der Waals surface area contributed by atoms with E-state index in [2.05, 4.69) is 53.8 Å². The lowest BCUT2D eigenvalue weighted by atomic mass is 10.0.